The Morgan fingerprint density at radius 3 is 2.00 bits per heavy atom. The standard InChI is InChI=1S/C37H35N5O3S/c1-3-5-22-41(23-6-4-2)37-39-33(27-18-12-8-13-19-27)31(46-37)24-29-32(26-16-10-7-11-17-26)30(25-38)36(45)42(35(29)44)40-34(43)28-20-14-9-15-21-28/h7-21,24H,3-6,22-23H2,1-2H3,(H,40,43)/b29-24-. The van der Waals surface area contributed by atoms with E-state index in [0.29, 0.717) is 21.1 Å². The van der Waals surface area contributed by atoms with Crippen molar-refractivity contribution in [1.29, 1.82) is 5.26 Å². The Kier molecular flexibility index (Phi) is 10.5. The second-order valence-corrected chi connectivity index (χ2v) is 11.8. The van der Waals surface area contributed by atoms with Gasteiger partial charge in [0.1, 0.15) is 11.6 Å². The summed E-state index contributed by atoms with van der Waals surface area (Å²) < 4.78 is 0. The first-order valence-corrected chi connectivity index (χ1v) is 16.3. The number of imide groups is 1. The van der Waals surface area contributed by atoms with Crippen LogP contribution in [0.15, 0.2) is 102 Å². The summed E-state index contributed by atoms with van der Waals surface area (Å²) in [5, 5.41) is 11.8. The van der Waals surface area contributed by atoms with E-state index in [0.717, 1.165) is 49.5 Å². The fraction of sp³-hybridized carbons (Fsp3) is 0.216. The Hall–Kier alpha value is -5.33. The minimum Gasteiger partial charge on any atom is -0.348 e. The SMILES string of the molecule is CCCCN(CCCC)c1nc(-c2ccccc2)c(/C=C2\C(=O)N(NC(=O)c3ccccc3)C(=O)C(C#N)=C2c2ccccc2)s1. The first-order chi connectivity index (χ1) is 22.5. The third-order valence-corrected chi connectivity index (χ3v) is 8.65. The quantitative estimate of drug-likeness (QED) is 0.130. The molecule has 2 heterocycles. The lowest BCUT2D eigenvalue weighted by atomic mass is 9.88. The van der Waals surface area contributed by atoms with Crippen molar-refractivity contribution in [3.05, 3.63) is 118 Å². The lowest BCUT2D eigenvalue weighted by molar-refractivity contribution is -0.142. The largest absolute Gasteiger partial charge is 0.348 e. The maximum Gasteiger partial charge on any atom is 0.291 e. The van der Waals surface area contributed by atoms with Crippen LogP contribution in [-0.2, 0) is 9.59 Å². The van der Waals surface area contributed by atoms with E-state index < -0.39 is 17.7 Å². The Labute approximate surface area is 273 Å². The van der Waals surface area contributed by atoms with Crippen molar-refractivity contribution in [3.63, 3.8) is 0 Å². The third-order valence-electron chi connectivity index (χ3n) is 7.59. The van der Waals surface area contributed by atoms with Gasteiger partial charge < -0.3 is 4.90 Å². The van der Waals surface area contributed by atoms with Crippen LogP contribution < -0.4 is 10.3 Å². The van der Waals surface area contributed by atoms with Crippen LogP contribution >= 0.6 is 11.3 Å². The first kappa shape index (κ1) is 32.1. The summed E-state index contributed by atoms with van der Waals surface area (Å²) in [5.41, 5.74) is 4.91. The molecule has 1 N–H and O–H groups in total. The van der Waals surface area contributed by atoms with Crippen LogP contribution in [0, 0.1) is 11.3 Å². The average Bonchev–Trinajstić information content (AvgIpc) is 3.52. The summed E-state index contributed by atoms with van der Waals surface area (Å²) in [6.45, 7) is 6.03. The highest BCUT2D eigenvalue weighted by Gasteiger charge is 2.39. The molecule has 46 heavy (non-hydrogen) atoms. The second kappa shape index (κ2) is 15.1. The molecular formula is C37H35N5O3S. The number of nitriles is 1. The van der Waals surface area contributed by atoms with E-state index in [2.05, 4.69) is 24.2 Å². The average molecular weight is 630 g/mol. The Bertz CT molecular complexity index is 1800. The number of amides is 3. The number of benzene rings is 3. The molecule has 4 aromatic rings. The van der Waals surface area contributed by atoms with Crippen molar-refractivity contribution in [2.45, 2.75) is 39.5 Å². The first-order valence-electron chi connectivity index (χ1n) is 15.4. The third kappa shape index (κ3) is 6.98. The maximum absolute atomic E-state index is 14.3. The number of unbranched alkanes of at least 4 members (excludes halogenated alkanes) is 2. The van der Waals surface area contributed by atoms with Gasteiger partial charge >= 0.3 is 0 Å². The van der Waals surface area contributed by atoms with Crippen molar-refractivity contribution in [3.8, 4) is 17.3 Å². The number of rotatable bonds is 12. The lowest BCUT2D eigenvalue weighted by Gasteiger charge is -2.28. The van der Waals surface area contributed by atoms with Gasteiger partial charge in [-0.2, -0.15) is 10.3 Å². The molecule has 0 fully saturated rings. The molecule has 232 valence electrons. The van der Waals surface area contributed by atoms with Crippen LogP contribution in [0.25, 0.3) is 22.9 Å². The molecule has 0 saturated heterocycles. The minimum absolute atomic E-state index is 0.108. The predicted octanol–water partition coefficient (Wildman–Crippen LogP) is 7.29. The molecule has 5 rings (SSSR count). The van der Waals surface area contributed by atoms with Gasteiger partial charge in [-0.05, 0) is 36.6 Å². The zero-order chi connectivity index (χ0) is 32.5. The molecule has 0 radical (unpaired) electrons. The molecule has 0 spiro atoms. The zero-order valence-corrected chi connectivity index (χ0v) is 26.7. The van der Waals surface area contributed by atoms with Gasteiger partial charge in [-0.3, -0.25) is 19.8 Å². The summed E-state index contributed by atoms with van der Waals surface area (Å²) in [6, 6.07) is 29.0. The van der Waals surface area contributed by atoms with E-state index in [9.17, 15) is 19.6 Å². The van der Waals surface area contributed by atoms with Gasteiger partial charge in [0.25, 0.3) is 17.7 Å². The smallest absolute Gasteiger partial charge is 0.291 e. The van der Waals surface area contributed by atoms with Crippen molar-refractivity contribution < 1.29 is 14.4 Å². The summed E-state index contributed by atoms with van der Waals surface area (Å²) in [4.78, 5) is 49.1. The van der Waals surface area contributed by atoms with Gasteiger partial charge in [0.15, 0.2) is 5.13 Å². The topological polar surface area (TPSA) is 106 Å². The highest BCUT2D eigenvalue weighted by Crippen LogP contribution is 2.39. The molecule has 1 aromatic heterocycles. The normalized spacial score (nSPS) is 14.0. The van der Waals surface area contributed by atoms with Gasteiger partial charge in [-0.15, -0.1) is 0 Å². The van der Waals surface area contributed by atoms with E-state index in [1.165, 1.54) is 11.3 Å². The molecule has 3 aromatic carbocycles. The number of carbonyl (C=O) groups is 3. The van der Waals surface area contributed by atoms with Gasteiger partial charge in [0.2, 0.25) is 0 Å². The molecule has 8 nitrogen and oxygen atoms in total. The number of hydrogen-bond donors (Lipinski definition) is 1. The second-order valence-electron chi connectivity index (χ2n) is 10.8. The minimum atomic E-state index is -0.897. The van der Waals surface area contributed by atoms with Crippen molar-refractivity contribution in [1.82, 2.24) is 15.4 Å². The Morgan fingerprint density at radius 1 is 0.870 bits per heavy atom. The summed E-state index contributed by atoms with van der Waals surface area (Å²) >= 11 is 1.47. The fourth-order valence-corrected chi connectivity index (χ4v) is 6.24. The van der Waals surface area contributed by atoms with Crippen LogP contribution in [0.3, 0.4) is 0 Å². The Morgan fingerprint density at radius 2 is 1.43 bits per heavy atom. The molecule has 1 aliphatic rings. The van der Waals surface area contributed by atoms with Gasteiger partial charge in [-0.25, -0.2) is 4.98 Å². The highest BCUT2D eigenvalue weighted by atomic mass is 32.1. The van der Waals surface area contributed by atoms with Gasteiger partial charge in [0.05, 0.1) is 16.1 Å². The fourth-order valence-electron chi connectivity index (χ4n) is 5.16. The number of nitrogens with zero attached hydrogens (tertiary/aromatic N) is 4. The van der Waals surface area contributed by atoms with E-state index in [1.54, 1.807) is 60.7 Å². The van der Waals surface area contributed by atoms with Crippen LogP contribution in [0.4, 0.5) is 5.13 Å². The van der Waals surface area contributed by atoms with E-state index in [4.69, 9.17) is 4.98 Å². The van der Waals surface area contributed by atoms with Gasteiger partial charge in [0, 0.05) is 29.8 Å². The molecular weight excluding hydrogens is 595 g/mol. The van der Waals surface area contributed by atoms with E-state index in [1.807, 2.05) is 42.5 Å². The lowest BCUT2D eigenvalue weighted by Crippen LogP contribution is -2.53. The number of nitrogens with one attached hydrogen (secondary N) is 1. The maximum atomic E-state index is 14.3. The molecule has 9 heteroatoms. The predicted molar refractivity (Wildman–Crippen MR) is 182 cm³/mol. The molecule has 3 amide bonds. The van der Waals surface area contributed by atoms with Crippen LogP contribution in [0.1, 0.15) is 60.3 Å². The summed E-state index contributed by atoms with van der Waals surface area (Å²) in [7, 11) is 0. The highest BCUT2D eigenvalue weighted by molar-refractivity contribution is 7.17. The molecule has 0 bridgehead atoms. The molecule has 0 saturated carbocycles. The van der Waals surface area contributed by atoms with Gasteiger partial charge in [-0.1, -0.05) is 117 Å². The zero-order valence-electron chi connectivity index (χ0n) is 25.9. The number of thiazole rings is 1. The molecule has 0 aliphatic carbocycles. The van der Waals surface area contributed by atoms with Crippen LogP contribution in [-0.4, -0.2) is 40.8 Å². The number of hydrazine groups is 1. The molecule has 0 atom stereocenters. The number of carbonyl (C=O) groups excluding carboxylic acids is 3. The van der Waals surface area contributed by atoms with Crippen molar-refractivity contribution >= 4 is 45.8 Å². The number of anilines is 1. The Balaban J connectivity index is 1.69. The van der Waals surface area contributed by atoms with E-state index >= 15 is 0 Å². The van der Waals surface area contributed by atoms with Crippen molar-refractivity contribution in [2.24, 2.45) is 0 Å². The molecule has 1 aliphatic heterocycles. The van der Waals surface area contributed by atoms with Crippen LogP contribution in [0.2, 0.25) is 0 Å². The summed E-state index contributed by atoms with van der Waals surface area (Å²) in [6.07, 6.45) is 5.84. The van der Waals surface area contributed by atoms with Crippen LogP contribution in [0.5, 0.6) is 0 Å². The number of aromatic nitrogens is 1. The van der Waals surface area contributed by atoms with Crippen molar-refractivity contribution in [2.75, 3.05) is 18.0 Å². The van der Waals surface area contributed by atoms with E-state index in [-0.39, 0.29) is 22.3 Å². The molecule has 0 unspecified atom stereocenters. The summed E-state index contributed by atoms with van der Waals surface area (Å²) in [5.74, 6) is -2.28. The number of hydrogen-bond acceptors (Lipinski definition) is 7. The monoisotopic (exact) mass is 629 g/mol.